The van der Waals surface area contributed by atoms with E-state index in [1.807, 2.05) is 75.0 Å². The Hall–Kier alpha value is -5.83. The second-order valence-electron chi connectivity index (χ2n) is 10.9. The van der Waals surface area contributed by atoms with E-state index >= 15 is 0 Å². The van der Waals surface area contributed by atoms with Gasteiger partial charge in [-0.1, -0.05) is 46.9 Å². The van der Waals surface area contributed by atoms with E-state index in [0.29, 0.717) is 44.7 Å². The molecule has 6 aromatic rings. The predicted octanol–water partition coefficient (Wildman–Crippen LogP) is 6.67. The van der Waals surface area contributed by atoms with Gasteiger partial charge in [0, 0.05) is 64.1 Å². The fraction of sp³-hybridized carbons (Fsp3) is 0.167. The summed E-state index contributed by atoms with van der Waals surface area (Å²) in [6.07, 6.45) is 6.52. The van der Waals surface area contributed by atoms with Crippen LogP contribution < -0.4 is 31.2 Å². The monoisotopic (exact) mass is 778 g/mol. The van der Waals surface area contributed by atoms with Crippen molar-refractivity contribution in [1.29, 1.82) is 0 Å². The number of nitrogen functional groups attached to an aromatic ring is 1. The van der Waals surface area contributed by atoms with Crippen LogP contribution in [0.5, 0.6) is 11.5 Å². The van der Waals surface area contributed by atoms with Crippen LogP contribution in [0.2, 0.25) is 15.3 Å². The van der Waals surface area contributed by atoms with Crippen molar-refractivity contribution in [2.75, 3.05) is 39.4 Å². The first-order valence-corrected chi connectivity index (χ1v) is 16.8. The number of ether oxygens (including phenoxy) is 2. The van der Waals surface area contributed by atoms with Gasteiger partial charge in [0.25, 0.3) is 11.8 Å². The molecule has 0 aliphatic carbocycles. The number of aromatic nitrogens is 6. The molecule has 5 N–H and O–H groups in total. The first-order valence-electron chi connectivity index (χ1n) is 15.7. The maximum absolute atomic E-state index is 12.1. The van der Waals surface area contributed by atoms with Gasteiger partial charge >= 0.3 is 0 Å². The molecule has 17 heteroatoms. The Morgan fingerprint density at radius 2 is 1.21 bits per heavy atom. The highest BCUT2D eigenvalue weighted by molar-refractivity contribution is 6.36. The lowest BCUT2D eigenvalue weighted by atomic mass is 10.1. The maximum atomic E-state index is 12.1. The zero-order valence-corrected chi connectivity index (χ0v) is 31.9. The van der Waals surface area contributed by atoms with Gasteiger partial charge in [-0.05, 0) is 48.5 Å². The number of halogens is 3. The van der Waals surface area contributed by atoms with Crippen molar-refractivity contribution in [3.05, 3.63) is 112 Å². The van der Waals surface area contributed by atoms with E-state index in [1.165, 1.54) is 25.5 Å². The van der Waals surface area contributed by atoms with Crippen molar-refractivity contribution < 1.29 is 19.1 Å². The molecule has 0 spiro atoms. The minimum Gasteiger partial charge on any atom is -0.494 e. The van der Waals surface area contributed by atoms with Crippen molar-refractivity contribution in [1.82, 2.24) is 40.2 Å². The number of amides is 2. The minimum atomic E-state index is -0.274. The van der Waals surface area contributed by atoms with Gasteiger partial charge in [0.05, 0.1) is 58.8 Å². The Morgan fingerprint density at radius 1 is 0.698 bits per heavy atom. The molecule has 0 unspecified atom stereocenters. The minimum absolute atomic E-state index is 0.267. The molecule has 276 valence electrons. The number of benzene rings is 2. The van der Waals surface area contributed by atoms with Gasteiger partial charge in [0.15, 0.2) is 11.5 Å². The molecule has 14 nitrogen and oxygen atoms in total. The summed E-state index contributed by atoms with van der Waals surface area (Å²) in [5.41, 5.74) is 11.7. The average molecular weight is 780 g/mol. The van der Waals surface area contributed by atoms with Crippen LogP contribution in [0.15, 0.2) is 85.5 Å². The number of aryl methyl sites for hydroxylation is 2. The third-order valence-electron chi connectivity index (χ3n) is 7.35. The van der Waals surface area contributed by atoms with Crippen LogP contribution in [0.1, 0.15) is 20.7 Å². The largest absolute Gasteiger partial charge is 0.494 e. The number of methoxy groups -OCH3 is 2. The number of hydrogen-bond donors (Lipinski definition) is 4. The van der Waals surface area contributed by atoms with Crippen molar-refractivity contribution in [3.63, 3.8) is 0 Å². The van der Waals surface area contributed by atoms with Crippen molar-refractivity contribution in [3.8, 4) is 34.0 Å². The smallest absolute Gasteiger partial charge is 0.254 e. The number of rotatable bonds is 8. The zero-order valence-electron chi connectivity index (χ0n) is 29.6. The average Bonchev–Trinajstić information content (AvgIpc) is 3.79. The molecule has 4 aromatic heterocycles. The normalized spacial score (nSPS) is 10.2. The predicted molar refractivity (Wildman–Crippen MR) is 208 cm³/mol. The molecule has 4 heterocycles. The van der Waals surface area contributed by atoms with Gasteiger partial charge in [-0.2, -0.15) is 10.2 Å². The molecule has 0 saturated carbocycles. The van der Waals surface area contributed by atoms with E-state index in [4.69, 9.17) is 50.0 Å². The fourth-order valence-corrected chi connectivity index (χ4v) is 5.47. The van der Waals surface area contributed by atoms with Gasteiger partial charge < -0.3 is 31.2 Å². The molecule has 0 bridgehead atoms. The van der Waals surface area contributed by atoms with Crippen LogP contribution in [-0.4, -0.2) is 69.7 Å². The van der Waals surface area contributed by atoms with Gasteiger partial charge in [-0.15, -0.1) is 0 Å². The Balaban J connectivity index is 0.000000196. The molecule has 0 fully saturated rings. The number of anilines is 3. The molecule has 53 heavy (non-hydrogen) atoms. The lowest BCUT2D eigenvalue weighted by Gasteiger charge is -2.16. The quantitative estimate of drug-likeness (QED) is 0.0964. The van der Waals surface area contributed by atoms with Crippen molar-refractivity contribution in [2.45, 2.75) is 0 Å². The van der Waals surface area contributed by atoms with Crippen LogP contribution in [-0.2, 0) is 14.1 Å². The molecule has 0 aliphatic rings. The summed E-state index contributed by atoms with van der Waals surface area (Å²) < 4.78 is 14.3. The number of carbonyl (C=O) groups is 2. The second kappa shape index (κ2) is 18.6. The number of carbonyl (C=O) groups excluding carboxylic acids is 2. The Morgan fingerprint density at radius 3 is 1.72 bits per heavy atom. The fourth-order valence-electron chi connectivity index (χ4n) is 4.86. The van der Waals surface area contributed by atoms with Gasteiger partial charge in [0.1, 0.15) is 10.3 Å². The molecule has 6 rings (SSSR count). The lowest BCUT2D eigenvalue weighted by Crippen LogP contribution is -2.19. The SMILES string of the molecule is CNC(=O)c1cnc(Cl)cc1Cl.CNC(=O)c1cnc(Cl)cc1Nc1cccc(-c2ccn(C)n2)c1OC.COc1c(N)cccc1-c1ccn(C)n1. The molecular weight excluding hydrogens is 743 g/mol. The number of nitrogens with two attached hydrogens (primary N) is 1. The van der Waals surface area contributed by atoms with Crippen LogP contribution >= 0.6 is 34.8 Å². The number of hydrogen-bond acceptors (Lipinski definition) is 10. The molecule has 0 aliphatic heterocycles. The summed E-state index contributed by atoms with van der Waals surface area (Å²) in [7, 11) is 10.0. The summed E-state index contributed by atoms with van der Waals surface area (Å²) in [4.78, 5) is 30.9. The summed E-state index contributed by atoms with van der Waals surface area (Å²) in [6.45, 7) is 0. The summed E-state index contributed by atoms with van der Waals surface area (Å²) in [5, 5.41) is 17.8. The second-order valence-corrected chi connectivity index (χ2v) is 12.1. The highest BCUT2D eigenvalue weighted by Gasteiger charge is 2.17. The van der Waals surface area contributed by atoms with Crippen molar-refractivity contribution >= 4 is 63.7 Å². The Labute approximate surface area is 321 Å². The number of pyridine rings is 2. The Kier molecular flexibility index (Phi) is 14.0. The van der Waals surface area contributed by atoms with E-state index in [0.717, 1.165) is 22.5 Å². The van der Waals surface area contributed by atoms with E-state index in [1.54, 1.807) is 36.7 Å². The van der Waals surface area contributed by atoms with Crippen LogP contribution in [0.3, 0.4) is 0 Å². The third-order valence-corrected chi connectivity index (χ3v) is 8.08. The maximum Gasteiger partial charge on any atom is 0.254 e. The topological polar surface area (TPSA) is 176 Å². The van der Waals surface area contributed by atoms with Gasteiger partial charge in [0.2, 0.25) is 0 Å². The zero-order chi connectivity index (χ0) is 38.7. The standard InChI is InChI=1S/C18H18ClN5O2.C11H13N3O.C7H6Cl2N2O/c1-20-18(25)12-10-21-16(19)9-15(12)22-14-6-4-5-11(17(14)26-3)13-7-8-24(2)23-13;1-14-7-6-10(13-14)8-4-3-5-9(12)11(8)15-2;1-10-7(12)4-3-11-6(9)2-5(4)8/h4-10H,1-3H3,(H,20,25)(H,21,22);3-7H,12H2,1-2H3;2-3H,1H3,(H,10,12). The van der Waals surface area contributed by atoms with Gasteiger partial charge in [-0.25, -0.2) is 9.97 Å². The van der Waals surface area contributed by atoms with E-state index in [9.17, 15) is 9.59 Å². The number of para-hydroxylation sites is 2. The number of nitrogens with zero attached hydrogens (tertiary/aromatic N) is 6. The van der Waals surface area contributed by atoms with Crippen molar-refractivity contribution in [2.24, 2.45) is 14.1 Å². The van der Waals surface area contributed by atoms with Crippen LogP contribution in [0.4, 0.5) is 17.1 Å². The molecule has 2 amide bonds. The van der Waals surface area contributed by atoms with E-state index in [2.05, 4.69) is 36.1 Å². The molecule has 0 saturated heterocycles. The van der Waals surface area contributed by atoms with Crippen LogP contribution in [0, 0.1) is 0 Å². The molecule has 0 atom stereocenters. The first-order chi connectivity index (χ1) is 25.4. The Bertz CT molecular complexity index is 2210. The molecule has 2 aromatic carbocycles. The lowest BCUT2D eigenvalue weighted by molar-refractivity contribution is 0.0955. The summed E-state index contributed by atoms with van der Waals surface area (Å²) in [5.74, 6) is 0.749. The number of nitrogens with one attached hydrogen (secondary N) is 3. The summed E-state index contributed by atoms with van der Waals surface area (Å²) in [6, 6.07) is 18.2. The molecule has 0 radical (unpaired) electrons. The molecular formula is C36H37Cl3N10O4. The highest BCUT2D eigenvalue weighted by atomic mass is 35.5. The first kappa shape index (κ1) is 39.9. The summed E-state index contributed by atoms with van der Waals surface area (Å²) >= 11 is 17.3. The third kappa shape index (κ3) is 10.2. The van der Waals surface area contributed by atoms with E-state index < -0.39 is 0 Å². The highest BCUT2D eigenvalue weighted by Crippen LogP contribution is 2.38. The van der Waals surface area contributed by atoms with Gasteiger partial charge in [-0.3, -0.25) is 19.0 Å². The van der Waals surface area contributed by atoms with Crippen LogP contribution in [0.25, 0.3) is 22.5 Å². The van der Waals surface area contributed by atoms with E-state index in [-0.39, 0.29) is 22.1 Å².